The van der Waals surface area contributed by atoms with Crippen LogP contribution in [0.5, 0.6) is 11.6 Å². The fourth-order valence-corrected chi connectivity index (χ4v) is 2.99. The van der Waals surface area contributed by atoms with Crippen LogP contribution >= 0.6 is 0 Å². The van der Waals surface area contributed by atoms with Gasteiger partial charge in [-0.05, 0) is 56.5 Å². The lowest BCUT2D eigenvalue weighted by molar-refractivity contribution is -0.121. The Morgan fingerprint density at radius 1 is 1.33 bits per heavy atom. The fourth-order valence-electron chi connectivity index (χ4n) is 2.99. The summed E-state index contributed by atoms with van der Waals surface area (Å²) in [4.78, 5) is 31.1. The first-order valence-corrected chi connectivity index (χ1v) is 9.34. The van der Waals surface area contributed by atoms with E-state index in [1.807, 2.05) is 39.0 Å². The van der Waals surface area contributed by atoms with Crippen LogP contribution < -0.4 is 15.0 Å². The molecule has 3 rings (SSSR count). The van der Waals surface area contributed by atoms with Crippen molar-refractivity contribution in [1.29, 1.82) is 0 Å². The van der Waals surface area contributed by atoms with Crippen molar-refractivity contribution in [2.75, 3.05) is 11.4 Å². The molecule has 0 spiro atoms. The second-order valence-corrected chi connectivity index (χ2v) is 6.87. The van der Waals surface area contributed by atoms with Crippen molar-refractivity contribution in [3.63, 3.8) is 0 Å². The molecule has 6 nitrogen and oxygen atoms in total. The molecule has 2 aromatic rings. The molecule has 0 fully saturated rings. The predicted octanol–water partition coefficient (Wildman–Crippen LogP) is 3.84. The third kappa shape index (κ3) is 4.27. The largest absolute Gasteiger partial charge is 0.436 e. The maximum Gasteiger partial charge on any atom is 0.263 e. The first-order chi connectivity index (χ1) is 13.0. The smallest absolute Gasteiger partial charge is 0.263 e. The predicted molar refractivity (Wildman–Crippen MR) is 104 cm³/mol. The number of anilines is 1. The van der Waals surface area contributed by atoms with Gasteiger partial charge in [0.25, 0.3) is 5.91 Å². The minimum Gasteiger partial charge on any atom is -0.436 e. The van der Waals surface area contributed by atoms with Gasteiger partial charge in [0.1, 0.15) is 5.56 Å². The van der Waals surface area contributed by atoms with Crippen LogP contribution in [0, 0.1) is 6.92 Å². The van der Waals surface area contributed by atoms with Gasteiger partial charge in [-0.1, -0.05) is 13.0 Å². The molecule has 0 saturated carbocycles. The quantitative estimate of drug-likeness (QED) is 0.842. The Bertz CT molecular complexity index is 850. The molecule has 2 heterocycles. The molecular formula is C21H25N3O3. The highest BCUT2D eigenvalue weighted by Crippen LogP contribution is 2.38. The summed E-state index contributed by atoms with van der Waals surface area (Å²) in [6.07, 6.45) is 3.44. The molecule has 2 amide bonds. The Kier molecular flexibility index (Phi) is 5.74. The zero-order valence-electron chi connectivity index (χ0n) is 16.0. The topological polar surface area (TPSA) is 71.5 Å². The van der Waals surface area contributed by atoms with Gasteiger partial charge in [-0.25, -0.2) is 4.98 Å². The Morgan fingerprint density at radius 2 is 2.15 bits per heavy atom. The van der Waals surface area contributed by atoms with Gasteiger partial charge in [-0.3, -0.25) is 9.59 Å². The number of aryl methyl sites for hydroxylation is 1. The minimum atomic E-state index is -0.162. The van der Waals surface area contributed by atoms with Gasteiger partial charge >= 0.3 is 0 Å². The van der Waals surface area contributed by atoms with Crippen LogP contribution in [0.1, 0.15) is 49.0 Å². The van der Waals surface area contributed by atoms with Gasteiger partial charge in [-0.15, -0.1) is 0 Å². The molecule has 0 unspecified atom stereocenters. The standard InChI is InChI=1S/C21H25N3O3/c1-4-15(3)23-19(25)8-6-12-24-17-13-14(2)9-10-18(17)27-20-16(21(24)26)7-5-11-22-20/h5,7,9-11,13,15H,4,6,8,12H2,1-3H3,(H,23,25)/t15-/m1/s1. The average Bonchev–Trinajstić information content (AvgIpc) is 2.77. The molecule has 0 bridgehead atoms. The fraction of sp³-hybridized carbons (Fsp3) is 0.381. The average molecular weight is 367 g/mol. The molecule has 1 aromatic carbocycles. The number of hydrogen-bond acceptors (Lipinski definition) is 4. The number of rotatable bonds is 6. The number of benzene rings is 1. The molecule has 0 aliphatic carbocycles. The van der Waals surface area contributed by atoms with E-state index in [1.54, 1.807) is 23.2 Å². The van der Waals surface area contributed by atoms with Crippen molar-refractivity contribution in [2.45, 2.75) is 46.1 Å². The van der Waals surface area contributed by atoms with E-state index in [1.165, 1.54) is 0 Å². The van der Waals surface area contributed by atoms with Gasteiger partial charge in [0.15, 0.2) is 5.75 Å². The number of carbonyl (C=O) groups excluding carboxylic acids is 2. The molecular weight excluding hydrogens is 342 g/mol. The van der Waals surface area contributed by atoms with Gasteiger partial charge < -0.3 is 15.0 Å². The number of amides is 2. The van der Waals surface area contributed by atoms with Crippen molar-refractivity contribution < 1.29 is 14.3 Å². The number of fused-ring (bicyclic) bond motifs is 2. The van der Waals surface area contributed by atoms with E-state index in [4.69, 9.17) is 4.74 Å². The Balaban J connectivity index is 1.81. The number of nitrogens with one attached hydrogen (secondary N) is 1. The van der Waals surface area contributed by atoms with E-state index < -0.39 is 0 Å². The van der Waals surface area contributed by atoms with Crippen molar-refractivity contribution in [1.82, 2.24) is 10.3 Å². The molecule has 142 valence electrons. The van der Waals surface area contributed by atoms with Gasteiger partial charge in [0, 0.05) is 25.2 Å². The van der Waals surface area contributed by atoms with Crippen molar-refractivity contribution in [2.24, 2.45) is 0 Å². The van der Waals surface area contributed by atoms with E-state index in [-0.39, 0.29) is 17.9 Å². The highest BCUT2D eigenvalue weighted by molar-refractivity contribution is 6.09. The van der Waals surface area contributed by atoms with E-state index >= 15 is 0 Å². The molecule has 0 saturated heterocycles. The highest BCUT2D eigenvalue weighted by atomic mass is 16.5. The SMILES string of the molecule is CC[C@@H](C)NC(=O)CCCN1C(=O)c2cccnc2Oc2ccc(C)cc21. The molecule has 27 heavy (non-hydrogen) atoms. The summed E-state index contributed by atoms with van der Waals surface area (Å²) in [5.41, 5.74) is 2.17. The summed E-state index contributed by atoms with van der Waals surface area (Å²) >= 11 is 0. The number of carbonyl (C=O) groups is 2. The summed E-state index contributed by atoms with van der Waals surface area (Å²) < 4.78 is 5.90. The van der Waals surface area contributed by atoms with Crippen LogP contribution in [0.3, 0.4) is 0 Å². The molecule has 1 N–H and O–H groups in total. The van der Waals surface area contributed by atoms with Crippen LogP contribution in [0.4, 0.5) is 5.69 Å². The lowest BCUT2D eigenvalue weighted by Gasteiger charge is -2.22. The van der Waals surface area contributed by atoms with E-state index in [9.17, 15) is 9.59 Å². The number of hydrogen-bond donors (Lipinski definition) is 1. The van der Waals surface area contributed by atoms with Crippen LogP contribution in [0.15, 0.2) is 36.5 Å². The Hall–Kier alpha value is -2.89. The van der Waals surface area contributed by atoms with E-state index in [0.29, 0.717) is 42.3 Å². The lowest BCUT2D eigenvalue weighted by Crippen LogP contribution is -2.34. The molecule has 6 heteroatoms. The van der Waals surface area contributed by atoms with Crippen LogP contribution in [0.2, 0.25) is 0 Å². The second kappa shape index (κ2) is 8.20. The zero-order valence-corrected chi connectivity index (χ0v) is 16.0. The van der Waals surface area contributed by atoms with Gasteiger partial charge in [0.2, 0.25) is 11.8 Å². The van der Waals surface area contributed by atoms with Crippen LogP contribution in [-0.2, 0) is 4.79 Å². The summed E-state index contributed by atoms with van der Waals surface area (Å²) in [5, 5.41) is 2.96. The maximum atomic E-state index is 13.1. The Morgan fingerprint density at radius 3 is 2.93 bits per heavy atom. The van der Waals surface area contributed by atoms with Crippen LogP contribution in [0.25, 0.3) is 0 Å². The monoisotopic (exact) mass is 367 g/mol. The molecule has 1 atom stereocenters. The molecule has 1 aromatic heterocycles. The summed E-state index contributed by atoms with van der Waals surface area (Å²) in [5.74, 6) is 0.749. The number of nitrogens with zero attached hydrogens (tertiary/aromatic N) is 2. The molecule has 1 aliphatic rings. The summed E-state index contributed by atoms with van der Waals surface area (Å²) in [6, 6.07) is 9.31. The Labute approximate surface area is 159 Å². The van der Waals surface area contributed by atoms with Gasteiger partial charge in [0.05, 0.1) is 5.69 Å². The number of ether oxygens (including phenoxy) is 1. The summed E-state index contributed by atoms with van der Waals surface area (Å²) in [6.45, 7) is 6.42. The van der Waals surface area contributed by atoms with Crippen molar-refractivity contribution >= 4 is 17.5 Å². The number of pyridine rings is 1. The maximum absolute atomic E-state index is 13.1. The lowest BCUT2D eigenvalue weighted by atomic mass is 10.1. The molecule has 1 aliphatic heterocycles. The van der Waals surface area contributed by atoms with Crippen molar-refractivity contribution in [3.8, 4) is 11.6 Å². The van der Waals surface area contributed by atoms with Gasteiger partial charge in [-0.2, -0.15) is 0 Å². The molecule has 0 radical (unpaired) electrons. The first kappa shape index (κ1) is 18.9. The third-order valence-electron chi connectivity index (χ3n) is 4.66. The summed E-state index contributed by atoms with van der Waals surface area (Å²) in [7, 11) is 0. The van der Waals surface area contributed by atoms with Crippen LogP contribution in [-0.4, -0.2) is 29.4 Å². The van der Waals surface area contributed by atoms with E-state index in [0.717, 1.165) is 12.0 Å². The second-order valence-electron chi connectivity index (χ2n) is 6.87. The number of aromatic nitrogens is 1. The van der Waals surface area contributed by atoms with Crippen molar-refractivity contribution in [3.05, 3.63) is 47.7 Å². The highest BCUT2D eigenvalue weighted by Gasteiger charge is 2.28. The normalized spacial score (nSPS) is 13.9. The minimum absolute atomic E-state index is 0.00871. The third-order valence-corrected chi connectivity index (χ3v) is 4.66. The van der Waals surface area contributed by atoms with E-state index in [2.05, 4.69) is 10.3 Å². The first-order valence-electron chi connectivity index (χ1n) is 9.34. The zero-order chi connectivity index (χ0) is 19.4.